The Balaban J connectivity index is 2.39. The average Bonchev–Trinajstić information content (AvgIpc) is 2.88. The summed E-state index contributed by atoms with van der Waals surface area (Å²) < 4.78 is 31.9. The van der Waals surface area contributed by atoms with Gasteiger partial charge in [-0.05, 0) is 17.7 Å². The molecule has 1 amide bonds. The van der Waals surface area contributed by atoms with Crippen molar-refractivity contribution in [3.8, 4) is 11.8 Å². The molecule has 0 aromatic heterocycles. The Bertz CT molecular complexity index is 1200. The maximum Gasteiger partial charge on any atom is 0.328 e. The third-order valence-electron chi connectivity index (χ3n) is 5.61. The minimum atomic E-state index is -1.32. The van der Waals surface area contributed by atoms with Crippen LogP contribution in [0, 0.1) is 11.8 Å². The third-order valence-corrected chi connectivity index (χ3v) is 5.61. The van der Waals surface area contributed by atoms with E-state index in [-0.39, 0.29) is 18.9 Å². The molecule has 0 spiro atoms. The molecule has 1 aromatic carbocycles. The first-order valence-electron chi connectivity index (χ1n) is 12.6. The highest BCUT2D eigenvalue weighted by Crippen LogP contribution is 2.29. The van der Waals surface area contributed by atoms with Crippen LogP contribution in [0.4, 0.5) is 0 Å². The van der Waals surface area contributed by atoms with Crippen molar-refractivity contribution in [2.24, 2.45) is 0 Å². The molecule has 222 valence electrons. The molecule has 0 unspecified atom stereocenters. The Kier molecular flexibility index (Phi) is 12.3. The van der Waals surface area contributed by atoms with E-state index in [9.17, 15) is 28.8 Å². The van der Waals surface area contributed by atoms with Crippen molar-refractivity contribution in [3.05, 3.63) is 35.4 Å². The van der Waals surface area contributed by atoms with Crippen LogP contribution in [0.2, 0.25) is 0 Å². The predicted molar refractivity (Wildman–Crippen MR) is 139 cm³/mol. The molecule has 1 aliphatic rings. The van der Waals surface area contributed by atoms with E-state index in [0.717, 1.165) is 20.8 Å². The molecule has 0 bridgehead atoms. The Morgan fingerprint density at radius 3 is 1.90 bits per heavy atom. The van der Waals surface area contributed by atoms with Gasteiger partial charge in [-0.3, -0.25) is 24.0 Å². The summed E-state index contributed by atoms with van der Waals surface area (Å²) in [5.74, 6) is 1.93. The second-order valence-electron chi connectivity index (χ2n) is 9.07. The SMILES string of the molecule is COC(=O)[C@H](Cc1ccc(C#C[C@@H]2O[C@H](COC(C)=O)[C@H](OC(C)=O)[C@H](OC(C)=O)[C@H]2OC(C)=O)cc1)NC(C)=O. The van der Waals surface area contributed by atoms with Gasteiger partial charge < -0.3 is 33.7 Å². The van der Waals surface area contributed by atoms with Crippen LogP contribution >= 0.6 is 0 Å². The van der Waals surface area contributed by atoms with Crippen molar-refractivity contribution in [2.45, 2.75) is 77.6 Å². The van der Waals surface area contributed by atoms with Gasteiger partial charge in [0.15, 0.2) is 24.4 Å². The first-order valence-corrected chi connectivity index (χ1v) is 12.6. The number of amides is 1. The van der Waals surface area contributed by atoms with Crippen LogP contribution in [0.5, 0.6) is 0 Å². The van der Waals surface area contributed by atoms with Crippen molar-refractivity contribution < 1.29 is 57.2 Å². The fourth-order valence-electron chi connectivity index (χ4n) is 4.04. The lowest BCUT2D eigenvalue weighted by Gasteiger charge is -2.42. The maximum atomic E-state index is 12.0. The van der Waals surface area contributed by atoms with Crippen molar-refractivity contribution >= 4 is 35.8 Å². The Morgan fingerprint density at radius 2 is 1.39 bits per heavy atom. The van der Waals surface area contributed by atoms with Gasteiger partial charge in [-0.1, -0.05) is 24.0 Å². The first kappa shape index (κ1) is 32.8. The number of esters is 5. The quantitative estimate of drug-likeness (QED) is 0.244. The normalized spacial score (nSPS) is 22.0. The number of hydrogen-bond acceptors (Lipinski definition) is 12. The Morgan fingerprint density at radius 1 is 0.829 bits per heavy atom. The number of carbonyl (C=O) groups excluding carboxylic acids is 6. The molecule has 1 heterocycles. The van der Waals surface area contributed by atoms with Crippen LogP contribution in [0.3, 0.4) is 0 Å². The van der Waals surface area contributed by atoms with Gasteiger partial charge in [0.25, 0.3) is 0 Å². The van der Waals surface area contributed by atoms with Crippen LogP contribution in [-0.4, -0.2) is 86.0 Å². The lowest BCUT2D eigenvalue weighted by atomic mass is 9.94. The van der Waals surface area contributed by atoms with E-state index < -0.39 is 66.4 Å². The molecule has 1 aromatic rings. The van der Waals surface area contributed by atoms with Crippen LogP contribution in [-0.2, 0) is 63.6 Å². The number of carbonyl (C=O) groups is 6. The lowest BCUT2D eigenvalue weighted by Crippen LogP contribution is -2.62. The summed E-state index contributed by atoms with van der Waals surface area (Å²) >= 11 is 0. The van der Waals surface area contributed by atoms with Crippen LogP contribution in [0.25, 0.3) is 0 Å². The second-order valence-corrected chi connectivity index (χ2v) is 9.07. The smallest absolute Gasteiger partial charge is 0.328 e. The summed E-state index contributed by atoms with van der Waals surface area (Å²) in [6.45, 7) is 5.52. The average molecular weight is 576 g/mol. The zero-order chi connectivity index (χ0) is 30.7. The number of benzene rings is 1. The van der Waals surface area contributed by atoms with E-state index in [2.05, 4.69) is 17.2 Å². The van der Waals surface area contributed by atoms with Gasteiger partial charge in [0, 0.05) is 46.6 Å². The maximum absolute atomic E-state index is 12.0. The van der Waals surface area contributed by atoms with Gasteiger partial charge in [0.2, 0.25) is 5.91 Å². The highest BCUT2D eigenvalue weighted by atomic mass is 16.7. The molecule has 0 radical (unpaired) electrons. The molecule has 0 aliphatic carbocycles. The molecule has 1 N–H and O–H groups in total. The minimum absolute atomic E-state index is 0.180. The summed E-state index contributed by atoms with van der Waals surface area (Å²) in [7, 11) is 1.23. The summed E-state index contributed by atoms with van der Waals surface area (Å²) in [6, 6.07) is 5.86. The van der Waals surface area contributed by atoms with Gasteiger partial charge in [0.1, 0.15) is 18.8 Å². The van der Waals surface area contributed by atoms with E-state index in [4.69, 9.17) is 28.4 Å². The van der Waals surface area contributed by atoms with E-state index in [1.54, 1.807) is 24.3 Å². The predicted octanol–water partition coefficient (Wildman–Crippen LogP) is 0.384. The highest BCUT2D eigenvalue weighted by molar-refractivity contribution is 5.83. The van der Waals surface area contributed by atoms with E-state index in [1.165, 1.54) is 21.0 Å². The number of methoxy groups -OCH3 is 1. The molecular formula is C28H33NO12. The van der Waals surface area contributed by atoms with E-state index >= 15 is 0 Å². The standard InChI is InChI=1S/C28H33NO12/c1-15(30)29-22(28(35)36-6)13-21-9-7-20(8-10-21)11-12-23-25(38-17(3)32)27(40-19(5)34)26(39-18(4)33)24(41-23)14-37-16(2)31/h7-10,22-27H,13-14H2,1-6H3,(H,29,30)/t22-,23-,24+,25-,26-,27+/m0/s1. The molecular weight excluding hydrogens is 542 g/mol. The molecule has 6 atom stereocenters. The molecule has 41 heavy (non-hydrogen) atoms. The van der Waals surface area contributed by atoms with E-state index in [1.807, 2.05) is 0 Å². The fourth-order valence-corrected chi connectivity index (χ4v) is 4.04. The van der Waals surface area contributed by atoms with Gasteiger partial charge in [-0.25, -0.2) is 4.79 Å². The summed E-state index contributed by atoms with van der Waals surface area (Å²) in [4.78, 5) is 70.6. The molecule has 0 saturated carbocycles. The van der Waals surface area contributed by atoms with Crippen molar-refractivity contribution in [3.63, 3.8) is 0 Å². The summed E-state index contributed by atoms with van der Waals surface area (Å²) in [5.41, 5.74) is 1.22. The molecule has 1 fully saturated rings. The van der Waals surface area contributed by atoms with Crippen LogP contribution < -0.4 is 5.32 Å². The zero-order valence-corrected chi connectivity index (χ0v) is 23.6. The van der Waals surface area contributed by atoms with Gasteiger partial charge in [-0.15, -0.1) is 0 Å². The van der Waals surface area contributed by atoms with Gasteiger partial charge in [0.05, 0.1) is 7.11 Å². The number of hydrogen-bond donors (Lipinski definition) is 1. The fraction of sp³-hybridized carbons (Fsp3) is 0.500. The van der Waals surface area contributed by atoms with E-state index in [0.29, 0.717) is 11.1 Å². The van der Waals surface area contributed by atoms with Crippen LogP contribution in [0.15, 0.2) is 24.3 Å². The Labute approximate surface area is 237 Å². The number of rotatable bonds is 9. The number of nitrogens with one attached hydrogen (secondary N) is 1. The molecule has 13 heteroatoms. The van der Waals surface area contributed by atoms with Crippen molar-refractivity contribution in [2.75, 3.05) is 13.7 Å². The molecule has 1 aliphatic heterocycles. The summed E-state index contributed by atoms with van der Waals surface area (Å²) in [6.07, 6.45) is -5.99. The van der Waals surface area contributed by atoms with Gasteiger partial charge in [-0.2, -0.15) is 0 Å². The third kappa shape index (κ3) is 10.6. The largest absolute Gasteiger partial charge is 0.467 e. The van der Waals surface area contributed by atoms with Crippen molar-refractivity contribution in [1.82, 2.24) is 5.32 Å². The first-order chi connectivity index (χ1) is 19.3. The topological polar surface area (TPSA) is 170 Å². The monoisotopic (exact) mass is 575 g/mol. The van der Waals surface area contributed by atoms with Gasteiger partial charge >= 0.3 is 29.8 Å². The molecule has 1 saturated heterocycles. The second kappa shape index (κ2) is 15.4. The van der Waals surface area contributed by atoms with Crippen molar-refractivity contribution in [1.29, 1.82) is 0 Å². The highest BCUT2D eigenvalue weighted by Gasteiger charge is 2.51. The van der Waals surface area contributed by atoms with Crippen LogP contribution in [0.1, 0.15) is 45.7 Å². The minimum Gasteiger partial charge on any atom is -0.467 e. The summed E-state index contributed by atoms with van der Waals surface area (Å²) in [5, 5.41) is 2.54. The molecule has 2 rings (SSSR count). The zero-order valence-electron chi connectivity index (χ0n) is 23.6. The number of ether oxygens (including phenoxy) is 6. The Hall–Kier alpha value is -4.44. The lowest BCUT2D eigenvalue weighted by molar-refractivity contribution is -0.242. The molecule has 13 nitrogen and oxygen atoms in total.